The lowest BCUT2D eigenvalue weighted by Crippen LogP contribution is -2.34. The standard InChI is InChI=1S/C7H11N5O2/c8-5-2-12-6(3-10-5)11-1-4(13)7(9)14/h2-4,13H,1H2,(H2,8,10)(H2,9,14)(H,11,12). The third-order valence-electron chi connectivity index (χ3n) is 1.48. The van der Waals surface area contributed by atoms with E-state index >= 15 is 0 Å². The second-order valence-corrected chi connectivity index (χ2v) is 2.63. The van der Waals surface area contributed by atoms with Crippen molar-refractivity contribution in [1.82, 2.24) is 9.97 Å². The van der Waals surface area contributed by atoms with E-state index in [1.54, 1.807) is 0 Å². The van der Waals surface area contributed by atoms with Gasteiger partial charge in [0.2, 0.25) is 5.91 Å². The molecule has 1 unspecified atom stereocenters. The van der Waals surface area contributed by atoms with Gasteiger partial charge in [-0.05, 0) is 0 Å². The highest BCUT2D eigenvalue weighted by atomic mass is 16.3. The third-order valence-corrected chi connectivity index (χ3v) is 1.48. The van der Waals surface area contributed by atoms with E-state index in [0.29, 0.717) is 11.6 Å². The molecule has 0 radical (unpaired) electrons. The van der Waals surface area contributed by atoms with E-state index in [2.05, 4.69) is 15.3 Å². The number of carbonyl (C=O) groups is 1. The molecule has 1 amide bonds. The summed E-state index contributed by atoms with van der Waals surface area (Å²) in [5.41, 5.74) is 10.1. The van der Waals surface area contributed by atoms with Crippen molar-refractivity contribution >= 4 is 17.5 Å². The quantitative estimate of drug-likeness (QED) is 0.456. The second kappa shape index (κ2) is 4.38. The van der Waals surface area contributed by atoms with Crippen LogP contribution in [-0.2, 0) is 4.79 Å². The highest BCUT2D eigenvalue weighted by molar-refractivity contribution is 5.79. The van der Waals surface area contributed by atoms with Crippen molar-refractivity contribution in [3.63, 3.8) is 0 Å². The normalized spacial score (nSPS) is 12.1. The lowest BCUT2D eigenvalue weighted by Gasteiger charge is -2.08. The van der Waals surface area contributed by atoms with Crippen LogP contribution in [0.4, 0.5) is 11.6 Å². The number of nitrogen functional groups attached to an aromatic ring is 1. The molecule has 0 fully saturated rings. The van der Waals surface area contributed by atoms with Crippen LogP contribution in [0.25, 0.3) is 0 Å². The maximum Gasteiger partial charge on any atom is 0.248 e. The summed E-state index contributed by atoms with van der Waals surface area (Å²) in [4.78, 5) is 18.1. The number of nitrogens with one attached hydrogen (secondary N) is 1. The first-order valence-corrected chi connectivity index (χ1v) is 3.88. The van der Waals surface area contributed by atoms with Gasteiger partial charge in [0, 0.05) is 0 Å². The number of amides is 1. The molecule has 0 saturated heterocycles. The summed E-state index contributed by atoms with van der Waals surface area (Å²) in [5, 5.41) is 11.7. The Hall–Kier alpha value is -1.89. The maximum absolute atomic E-state index is 10.5. The Morgan fingerprint density at radius 3 is 2.79 bits per heavy atom. The number of aliphatic hydroxyl groups excluding tert-OH is 1. The lowest BCUT2D eigenvalue weighted by atomic mass is 10.3. The van der Waals surface area contributed by atoms with Crippen LogP contribution < -0.4 is 16.8 Å². The van der Waals surface area contributed by atoms with Gasteiger partial charge < -0.3 is 21.9 Å². The van der Waals surface area contributed by atoms with Gasteiger partial charge >= 0.3 is 0 Å². The van der Waals surface area contributed by atoms with Crippen molar-refractivity contribution < 1.29 is 9.90 Å². The van der Waals surface area contributed by atoms with Gasteiger partial charge in [-0.2, -0.15) is 0 Å². The van der Waals surface area contributed by atoms with E-state index in [-0.39, 0.29) is 6.54 Å². The van der Waals surface area contributed by atoms with Crippen LogP contribution in [0.2, 0.25) is 0 Å². The number of nitrogens with two attached hydrogens (primary N) is 2. The number of hydrogen-bond acceptors (Lipinski definition) is 6. The zero-order valence-corrected chi connectivity index (χ0v) is 7.34. The third kappa shape index (κ3) is 2.87. The Balaban J connectivity index is 2.46. The Kier molecular flexibility index (Phi) is 3.19. The van der Waals surface area contributed by atoms with Gasteiger partial charge in [0.15, 0.2) is 0 Å². The summed E-state index contributed by atoms with van der Waals surface area (Å²) < 4.78 is 0. The van der Waals surface area contributed by atoms with E-state index in [0.717, 1.165) is 0 Å². The monoisotopic (exact) mass is 197 g/mol. The van der Waals surface area contributed by atoms with Gasteiger partial charge in [0.1, 0.15) is 17.7 Å². The SMILES string of the molecule is NC(=O)C(O)CNc1cnc(N)cn1. The molecule has 0 aliphatic rings. The molecule has 0 bridgehead atoms. The largest absolute Gasteiger partial charge is 0.382 e. The molecule has 0 aromatic carbocycles. The Morgan fingerprint density at radius 2 is 2.29 bits per heavy atom. The van der Waals surface area contributed by atoms with Crippen molar-refractivity contribution in [3.05, 3.63) is 12.4 Å². The molecule has 1 rings (SSSR count). The smallest absolute Gasteiger partial charge is 0.248 e. The fraction of sp³-hybridized carbons (Fsp3) is 0.286. The number of carbonyl (C=O) groups excluding carboxylic acids is 1. The zero-order chi connectivity index (χ0) is 10.6. The number of aromatic nitrogens is 2. The van der Waals surface area contributed by atoms with E-state index in [1.807, 2.05) is 0 Å². The van der Waals surface area contributed by atoms with Crippen LogP contribution in [0.5, 0.6) is 0 Å². The van der Waals surface area contributed by atoms with Gasteiger partial charge in [0.25, 0.3) is 0 Å². The number of anilines is 2. The van der Waals surface area contributed by atoms with Crippen LogP contribution in [0, 0.1) is 0 Å². The Labute approximate surface area is 80.2 Å². The summed E-state index contributed by atoms with van der Waals surface area (Å²) >= 11 is 0. The molecular weight excluding hydrogens is 186 g/mol. The predicted molar refractivity (Wildman–Crippen MR) is 50.1 cm³/mol. The number of hydrogen-bond donors (Lipinski definition) is 4. The number of rotatable bonds is 4. The molecule has 6 N–H and O–H groups in total. The van der Waals surface area contributed by atoms with Crippen LogP contribution in [0.1, 0.15) is 0 Å². The first-order chi connectivity index (χ1) is 6.59. The molecule has 0 aliphatic heterocycles. The van der Waals surface area contributed by atoms with Crippen molar-refractivity contribution in [2.24, 2.45) is 5.73 Å². The molecule has 1 heterocycles. The highest BCUT2D eigenvalue weighted by Gasteiger charge is 2.09. The summed E-state index contributed by atoms with van der Waals surface area (Å²) in [5.74, 6) is -0.0774. The summed E-state index contributed by atoms with van der Waals surface area (Å²) in [7, 11) is 0. The van der Waals surface area contributed by atoms with Crippen molar-refractivity contribution in [2.75, 3.05) is 17.6 Å². The maximum atomic E-state index is 10.5. The van der Waals surface area contributed by atoms with Crippen LogP contribution in [0.3, 0.4) is 0 Å². The minimum absolute atomic E-state index is 0.00602. The fourth-order valence-corrected chi connectivity index (χ4v) is 0.731. The molecule has 7 heteroatoms. The zero-order valence-electron chi connectivity index (χ0n) is 7.34. The molecule has 1 atom stereocenters. The molecule has 1 aromatic heterocycles. The van der Waals surface area contributed by atoms with Crippen molar-refractivity contribution in [1.29, 1.82) is 0 Å². The lowest BCUT2D eigenvalue weighted by molar-refractivity contribution is -0.125. The molecular formula is C7H11N5O2. The highest BCUT2D eigenvalue weighted by Crippen LogP contribution is 2.01. The molecule has 76 valence electrons. The van der Waals surface area contributed by atoms with Gasteiger partial charge in [-0.1, -0.05) is 0 Å². The molecule has 1 aromatic rings. The predicted octanol–water partition coefficient (Wildman–Crippen LogP) is -1.68. The van der Waals surface area contributed by atoms with E-state index < -0.39 is 12.0 Å². The van der Waals surface area contributed by atoms with Gasteiger partial charge in [-0.15, -0.1) is 0 Å². The van der Waals surface area contributed by atoms with E-state index in [4.69, 9.17) is 16.6 Å². The van der Waals surface area contributed by atoms with Crippen molar-refractivity contribution in [2.45, 2.75) is 6.10 Å². The van der Waals surface area contributed by atoms with Crippen LogP contribution in [0.15, 0.2) is 12.4 Å². The first kappa shape index (κ1) is 10.2. The second-order valence-electron chi connectivity index (χ2n) is 2.63. The average molecular weight is 197 g/mol. The van der Waals surface area contributed by atoms with Gasteiger partial charge in [-0.3, -0.25) is 4.79 Å². The number of primary amides is 1. The van der Waals surface area contributed by atoms with Gasteiger partial charge in [-0.25, -0.2) is 9.97 Å². The number of aliphatic hydroxyl groups is 1. The average Bonchev–Trinajstić information content (AvgIpc) is 2.16. The summed E-state index contributed by atoms with van der Waals surface area (Å²) in [6.45, 7) is -0.00602. The topological polar surface area (TPSA) is 127 Å². The molecule has 0 aliphatic carbocycles. The Bertz CT molecular complexity index is 312. The van der Waals surface area contributed by atoms with E-state index in [9.17, 15) is 4.79 Å². The summed E-state index contributed by atoms with van der Waals surface area (Å²) in [6.07, 6.45) is 1.51. The minimum atomic E-state index is -1.24. The molecule has 0 saturated carbocycles. The molecule has 14 heavy (non-hydrogen) atoms. The number of nitrogens with zero attached hydrogens (tertiary/aromatic N) is 2. The van der Waals surface area contributed by atoms with Crippen molar-refractivity contribution in [3.8, 4) is 0 Å². The van der Waals surface area contributed by atoms with Crippen LogP contribution in [-0.4, -0.2) is 33.6 Å². The van der Waals surface area contributed by atoms with E-state index in [1.165, 1.54) is 12.4 Å². The fourth-order valence-electron chi connectivity index (χ4n) is 0.731. The van der Waals surface area contributed by atoms with Crippen LogP contribution >= 0.6 is 0 Å². The summed E-state index contributed by atoms with van der Waals surface area (Å²) in [6, 6.07) is 0. The first-order valence-electron chi connectivity index (χ1n) is 3.88. The molecule has 7 nitrogen and oxygen atoms in total. The minimum Gasteiger partial charge on any atom is -0.382 e. The Morgan fingerprint density at radius 1 is 1.57 bits per heavy atom. The molecule has 0 spiro atoms. The van der Waals surface area contributed by atoms with Gasteiger partial charge in [0.05, 0.1) is 18.9 Å².